The van der Waals surface area contributed by atoms with Crippen LogP contribution in [0.4, 0.5) is 4.39 Å². The minimum absolute atomic E-state index is 0.0206. The molecule has 0 spiro atoms. The van der Waals surface area contributed by atoms with Crippen LogP contribution in [0.15, 0.2) is 18.2 Å². The van der Waals surface area contributed by atoms with E-state index in [1.165, 1.54) is 12.1 Å². The van der Waals surface area contributed by atoms with Crippen molar-refractivity contribution in [2.45, 2.75) is 31.2 Å². The third-order valence-electron chi connectivity index (χ3n) is 4.09. The van der Waals surface area contributed by atoms with E-state index in [0.29, 0.717) is 13.0 Å². The van der Waals surface area contributed by atoms with E-state index in [4.69, 9.17) is 11.6 Å². The van der Waals surface area contributed by atoms with Gasteiger partial charge in [-0.15, -0.1) is 0 Å². The van der Waals surface area contributed by atoms with Gasteiger partial charge in [0.1, 0.15) is 11.7 Å². The molecule has 1 aliphatic carbocycles. The van der Waals surface area contributed by atoms with Gasteiger partial charge in [0.25, 0.3) is 0 Å². The molecule has 2 fully saturated rings. The standard InChI is InChI=1S/C15H16ClFN2O2/c16-11-4-3-8(6-12(11)17)10-7-13(10)19-15(21)9-2-1-5-18-14(9)20/h3-4,6,9-10,13H,1-2,5,7H2,(H,18,20)(H,19,21)/t9-,10+,13-/m1/s1. The third kappa shape index (κ3) is 3.02. The van der Waals surface area contributed by atoms with E-state index < -0.39 is 11.7 Å². The van der Waals surface area contributed by atoms with E-state index >= 15 is 0 Å². The van der Waals surface area contributed by atoms with Crippen LogP contribution in [-0.4, -0.2) is 24.4 Å². The SMILES string of the molecule is O=C1NCCC[C@H]1C(=O)N[C@@H]1C[C@H]1c1ccc(Cl)c(F)c1. The van der Waals surface area contributed by atoms with Crippen LogP contribution in [0, 0.1) is 11.7 Å². The zero-order valence-electron chi connectivity index (χ0n) is 11.4. The van der Waals surface area contributed by atoms with Crippen molar-refractivity contribution in [2.75, 3.05) is 6.54 Å². The second kappa shape index (κ2) is 5.64. The van der Waals surface area contributed by atoms with Crippen LogP contribution < -0.4 is 10.6 Å². The molecule has 0 unspecified atom stereocenters. The van der Waals surface area contributed by atoms with Gasteiger partial charge in [-0.05, 0) is 37.0 Å². The van der Waals surface area contributed by atoms with Crippen molar-refractivity contribution in [1.29, 1.82) is 0 Å². The van der Waals surface area contributed by atoms with Crippen LogP contribution >= 0.6 is 11.6 Å². The summed E-state index contributed by atoms with van der Waals surface area (Å²) in [6.07, 6.45) is 2.17. The summed E-state index contributed by atoms with van der Waals surface area (Å²) in [5.41, 5.74) is 0.829. The fourth-order valence-electron chi connectivity index (χ4n) is 2.77. The van der Waals surface area contributed by atoms with Gasteiger partial charge in [0.15, 0.2) is 0 Å². The van der Waals surface area contributed by atoms with E-state index in [-0.39, 0.29) is 28.8 Å². The quantitative estimate of drug-likeness (QED) is 0.839. The number of halogens is 2. The molecular formula is C15H16ClFN2O2. The summed E-state index contributed by atoms with van der Waals surface area (Å²) in [5, 5.41) is 5.68. The zero-order valence-corrected chi connectivity index (χ0v) is 12.1. The van der Waals surface area contributed by atoms with Gasteiger partial charge in [0.05, 0.1) is 5.02 Å². The van der Waals surface area contributed by atoms with E-state index in [0.717, 1.165) is 18.4 Å². The lowest BCUT2D eigenvalue weighted by Crippen LogP contribution is -2.45. The van der Waals surface area contributed by atoms with Gasteiger partial charge in [-0.3, -0.25) is 9.59 Å². The molecule has 0 aromatic heterocycles. The Morgan fingerprint density at radius 3 is 2.95 bits per heavy atom. The van der Waals surface area contributed by atoms with Crippen molar-refractivity contribution in [2.24, 2.45) is 5.92 Å². The first-order chi connectivity index (χ1) is 10.1. The lowest BCUT2D eigenvalue weighted by Gasteiger charge is -2.21. The Hall–Kier alpha value is -1.62. The zero-order chi connectivity index (χ0) is 15.0. The minimum atomic E-state index is -0.595. The molecule has 3 atom stereocenters. The summed E-state index contributed by atoms with van der Waals surface area (Å²) in [5.74, 6) is -1.37. The molecule has 1 aromatic rings. The molecule has 2 aliphatic rings. The minimum Gasteiger partial charge on any atom is -0.355 e. The van der Waals surface area contributed by atoms with Crippen molar-refractivity contribution in [3.63, 3.8) is 0 Å². The average Bonchev–Trinajstić information content (AvgIpc) is 3.21. The Labute approximate surface area is 127 Å². The van der Waals surface area contributed by atoms with Crippen LogP contribution in [0.3, 0.4) is 0 Å². The maximum Gasteiger partial charge on any atom is 0.232 e. The highest BCUT2D eigenvalue weighted by molar-refractivity contribution is 6.30. The highest BCUT2D eigenvalue weighted by Gasteiger charge is 2.41. The monoisotopic (exact) mass is 310 g/mol. The lowest BCUT2D eigenvalue weighted by molar-refractivity contribution is -0.136. The maximum atomic E-state index is 13.4. The molecule has 1 heterocycles. The predicted octanol–water partition coefficient (Wildman–Crippen LogP) is 1.98. The lowest BCUT2D eigenvalue weighted by atomic mass is 9.98. The number of piperidine rings is 1. The highest BCUT2D eigenvalue weighted by atomic mass is 35.5. The molecule has 2 N–H and O–H groups in total. The molecule has 1 saturated carbocycles. The van der Waals surface area contributed by atoms with E-state index in [1.54, 1.807) is 6.07 Å². The second-order valence-corrected chi connectivity index (χ2v) is 6.02. The Kier molecular flexibility index (Phi) is 3.85. The van der Waals surface area contributed by atoms with Gasteiger partial charge in [-0.25, -0.2) is 4.39 Å². The molecule has 1 saturated heterocycles. The van der Waals surface area contributed by atoms with Gasteiger partial charge in [0, 0.05) is 18.5 Å². The normalized spacial score (nSPS) is 27.9. The van der Waals surface area contributed by atoms with Gasteiger partial charge in [-0.2, -0.15) is 0 Å². The van der Waals surface area contributed by atoms with Crippen LogP contribution in [0.25, 0.3) is 0 Å². The number of amides is 2. The Morgan fingerprint density at radius 1 is 1.43 bits per heavy atom. The highest BCUT2D eigenvalue weighted by Crippen LogP contribution is 2.41. The number of carbonyl (C=O) groups excluding carboxylic acids is 2. The molecule has 112 valence electrons. The molecule has 2 amide bonds. The van der Waals surface area contributed by atoms with E-state index in [1.807, 2.05) is 0 Å². The van der Waals surface area contributed by atoms with Gasteiger partial charge >= 0.3 is 0 Å². The van der Waals surface area contributed by atoms with Crippen LogP contribution in [0.2, 0.25) is 5.02 Å². The number of benzene rings is 1. The molecule has 3 rings (SSSR count). The van der Waals surface area contributed by atoms with Crippen molar-refractivity contribution in [3.8, 4) is 0 Å². The number of hydrogen-bond donors (Lipinski definition) is 2. The van der Waals surface area contributed by atoms with Crippen LogP contribution in [0.1, 0.15) is 30.7 Å². The van der Waals surface area contributed by atoms with Crippen molar-refractivity contribution < 1.29 is 14.0 Å². The average molecular weight is 311 g/mol. The largest absolute Gasteiger partial charge is 0.355 e. The van der Waals surface area contributed by atoms with Gasteiger partial charge < -0.3 is 10.6 Å². The van der Waals surface area contributed by atoms with E-state index in [2.05, 4.69) is 10.6 Å². The molecule has 4 nitrogen and oxygen atoms in total. The topological polar surface area (TPSA) is 58.2 Å². The van der Waals surface area contributed by atoms with Gasteiger partial charge in [-0.1, -0.05) is 17.7 Å². The Balaban J connectivity index is 1.59. The Bertz CT molecular complexity index is 593. The molecule has 21 heavy (non-hydrogen) atoms. The first kappa shape index (κ1) is 14.3. The summed E-state index contributed by atoms with van der Waals surface area (Å²) in [6.45, 7) is 0.638. The number of hydrogen-bond acceptors (Lipinski definition) is 2. The summed E-state index contributed by atoms with van der Waals surface area (Å²) in [4.78, 5) is 23.7. The van der Waals surface area contributed by atoms with Crippen LogP contribution in [-0.2, 0) is 9.59 Å². The fraction of sp³-hybridized carbons (Fsp3) is 0.467. The van der Waals surface area contributed by atoms with Crippen LogP contribution in [0.5, 0.6) is 0 Å². The first-order valence-electron chi connectivity index (χ1n) is 7.09. The predicted molar refractivity (Wildman–Crippen MR) is 76.4 cm³/mol. The number of nitrogens with one attached hydrogen (secondary N) is 2. The molecule has 0 bridgehead atoms. The fourth-order valence-corrected chi connectivity index (χ4v) is 2.89. The maximum absolute atomic E-state index is 13.4. The molecular weight excluding hydrogens is 295 g/mol. The number of carbonyl (C=O) groups is 2. The molecule has 6 heteroatoms. The third-order valence-corrected chi connectivity index (χ3v) is 4.40. The molecule has 1 aromatic carbocycles. The first-order valence-corrected chi connectivity index (χ1v) is 7.47. The second-order valence-electron chi connectivity index (χ2n) is 5.62. The molecule has 1 aliphatic heterocycles. The van der Waals surface area contributed by atoms with Crippen molar-refractivity contribution >= 4 is 23.4 Å². The summed E-state index contributed by atoms with van der Waals surface area (Å²) >= 11 is 5.65. The molecule has 0 radical (unpaired) electrons. The van der Waals surface area contributed by atoms with Crippen molar-refractivity contribution in [1.82, 2.24) is 10.6 Å². The summed E-state index contributed by atoms with van der Waals surface area (Å²) < 4.78 is 13.4. The van der Waals surface area contributed by atoms with E-state index in [9.17, 15) is 14.0 Å². The number of rotatable bonds is 3. The smallest absolute Gasteiger partial charge is 0.232 e. The summed E-state index contributed by atoms with van der Waals surface area (Å²) in [6, 6.07) is 4.69. The van der Waals surface area contributed by atoms with Gasteiger partial charge in [0.2, 0.25) is 11.8 Å². The Morgan fingerprint density at radius 2 is 2.24 bits per heavy atom. The summed E-state index contributed by atoms with van der Waals surface area (Å²) in [7, 11) is 0. The van der Waals surface area contributed by atoms with Crippen molar-refractivity contribution in [3.05, 3.63) is 34.6 Å².